The number of nitrogens with zero attached hydrogens (tertiary/aromatic N) is 1. The van der Waals surface area contributed by atoms with Gasteiger partial charge in [-0.1, -0.05) is 35.9 Å². The van der Waals surface area contributed by atoms with Crippen molar-refractivity contribution < 1.29 is 9.53 Å². The molecule has 27 heavy (non-hydrogen) atoms. The van der Waals surface area contributed by atoms with Crippen LogP contribution in [0.25, 0.3) is 0 Å². The minimum Gasteiger partial charge on any atom is -0.487 e. The van der Waals surface area contributed by atoms with Crippen molar-refractivity contribution in [2.45, 2.75) is 30.9 Å². The highest BCUT2D eigenvalue weighted by molar-refractivity contribution is 6.30. The second kappa shape index (κ2) is 7.41. The average molecular weight is 386 g/mol. The van der Waals surface area contributed by atoms with E-state index in [0.717, 1.165) is 43.7 Å². The van der Waals surface area contributed by atoms with Crippen molar-refractivity contribution in [1.29, 1.82) is 0 Å². The van der Waals surface area contributed by atoms with Gasteiger partial charge in [0.05, 0.1) is 6.04 Å². The van der Waals surface area contributed by atoms with E-state index in [1.54, 1.807) is 12.1 Å². The second-order valence-electron chi connectivity index (χ2n) is 7.49. The van der Waals surface area contributed by atoms with E-state index in [9.17, 15) is 4.79 Å². The maximum Gasteiger partial charge on any atom is 0.319 e. The molecule has 0 bridgehead atoms. The van der Waals surface area contributed by atoms with Crippen LogP contribution >= 0.6 is 11.6 Å². The molecule has 1 atom stereocenters. The zero-order valence-corrected chi connectivity index (χ0v) is 16.1. The molecule has 1 spiro atoms. The summed E-state index contributed by atoms with van der Waals surface area (Å²) in [4.78, 5) is 14.9. The summed E-state index contributed by atoms with van der Waals surface area (Å²) in [6, 6.07) is 14.8. The van der Waals surface area contributed by atoms with Gasteiger partial charge in [0.2, 0.25) is 0 Å². The Morgan fingerprint density at radius 3 is 2.74 bits per heavy atom. The first-order valence-electron chi connectivity index (χ1n) is 9.33. The maximum absolute atomic E-state index is 12.6. The fourth-order valence-electron chi connectivity index (χ4n) is 3.97. The quantitative estimate of drug-likeness (QED) is 0.803. The van der Waals surface area contributed by atoms with Crippen molar-refractivity contribution in [3.05, 3.63) is 59.1 Å². The van der Waals surface area contributed by atoms with E-state index < -0.39 is 0 Å². The Bertz CT molecular complexity index is 834. The standard InChI is InChI=1S/C21H24ClN3O2/c1-25-11-9-21(10-12-25)14-18(17-7-2-3-8-19(17)27-21)24-20(26)23-16-6-4-5-15(22)13-16/h2-8,13,18H,9-12,14H2,1H3,(H2,23,24,26). The lowest BCUT2D eigenvalue weighted by Gasteiger charge is -2.46. The summed E-state index contributed by atoms with van der Waals surface area (Å²) in [5.41, 5.74) is 1.49. The molecule has 1 unspecified atom stereocenters. The normalized spacial score (nSPS) is 21.2. The molecule has 0 aliphatic carbocycles. The molecule has 0 saturated carbocycles. The van der Waals surface area contributed by atoms with Gasteiger partial charge in [0.25, 0.3) is 0 Å². The van der Waals surface area contributed by atoms with Crippen LogP contribution in [-0.4, -0.2) is 36.7 Å². The largest absolute Gasteiger partial charge is 0.487 e. The number of carbonyl (C=O) groups is 1. The molecular weight excluding hydrogens is 362 g/mol. The van der Waals surface area contributed by atoms with E-state index >= 15 is 0 Å². The van der Waals surface area contributed by atoms with Gasteiger partial charge in [0.1, 0.15) is 11.4 Å². The van der Waals surface area contributed by atoms with Gasteiger partial charge in [-0.05, 0) is 44.2 Å². The number of amides is 2. The lowest BCUT2D eigenvalue weighted by molar-refractivity contribution is -0.0188. The highest BCUT2D eigenvalue weighted by Crippen LogP contribution is 2.44. The van der Waals surface area contributed by atoms with Crippen LogP contribution in [0.4, 0.5) is 10.5 Å². The van der Waals surface area contributed by atoms with Crippen LogP contribution < -0.4 is 15.4 Å². The van der Waals surface area contributed by atoms with Gasteiger partial charge in [0.15, 0.2) is 0 Å². The zero-order valence-electron chi connectivity index (χ0n) is 15.4. The van der Waals surface area contributed by atoms with Gasteiger partial charge in [-0.2, -0.15) is 0 Å². The Labute approximate surface area is 164 Å². The van der Waals surface area contributed by atoms with Gasteiger partial charge in [0, 0.05) is 35.8 Å². The Kier molecular flexibility index (Phi) is 4.98. The van der Waals surface area contributed by atoms with Crippen LogP contribution in [0.15, 0.2) is 48.5 Å². The van der Waals surface area contributed by atoms with Crippen molar-refractivity contribution in [1.82, 2.24) is 10.2 Å². The number of carbonyl (C=O) groups excluding carboxylic acids is 1. The highest BCUT2D eigenvalue weighted by atomic mass is 35.5. The Morgan fingerprint density at radius 1 is 1.19 bits per heavy atom. The zero-order chi connectivity index (χ0) is 18.9. The Hall–Kier alpha value is -2.24. The monoisotopic (exact) mass is 385 g/mol. The average Bonchev–Trinajstić information content (AvgIpc) is 2.64. The van der Waals surface area contributed by atoms with E-state index in [2.05, 4.69) is 22.6 Å². The summed E-state index contributed by atoms with van der Waals surface area (Å²) in [5.74, 6) is 0.876. The number of hydrogen-bond acceptors (Lipinski definition) is 3. The maximum atomic E-state index is 12.6. The van der Waals surface area contributed by atoms with E-state index in [1.165, 1.54) is 0 Å². The minimum absolute atomic E-state index is 0.0856. The van der Waals surface area contributed by atoms with E-state index in [1.807, 2.05) is 36.4 Å². The molecule has 2 aromatic rings. The van der Waals surface area contributed by atoms with Gasteiger partial charge >= 0.3 is 6.03 Å². The van der Waals surface area contributed by atoms with Gasteiger partial charge in [-0.15, -0.1) is 0 Å². The first-order chi connectivity index (χ1) is 13.0. The number of halogens is 1. The van der Waals surface area contributed by atoms with E-state index in [-0.39, 0.29) is 17.7 Å². The van der Waals surface area contributed by atoms with Crippen LogP contribution in [0.3, 0.4) is 0 Å². The lowest BCUT2D eigenvalue weighted by Crippen LogP contribution is -2.51. The molecule has 2 heterocycles. The molecule has 6 heteroatoms. The van der Waals surface area contributed by atoms with Gasteiger partial charge < -0.3 is 20.3 Å². The first-order valence-corrected chi connectivity index (χ1v) is 9.70. The Morgan fingerprint density at radius 2 is 1.96 bits per heavy atom. The van der Waals surface area contributed by atoms with Crippen molar-refractivity contribution in [3.63, 3.8) is 0 Å². The lowest BCUT2D eigenvalue weighted by atomic mass is 9.80. The summed E-state index contributed by atoms with van der Waals surface area (Å²) >= 11 is 6.00. The summed E-state index contributed by atoms with van der Waals surface area (Å²) in [7, 11) is 2.14. The third-order valence-corrected chi connectivity index (χ3v) is 5.72. The highest BCUT2D eigenvalue weighted by Gasteiger charge is 2.43. The predicted molar refractivity (Wildman–Crippen MR) is 107 cm³/mol. The predicted octanol–water partition coefficient (Wildman–Crippen LogP) is 4.45. The van der Waals surface area contributed by atoms with Gasteiger partial charge in [-0.25, -0.2) is 4.79 Å². The van der Waals surface area contributed by atoms with Crippen molar-refractivity contribution in [2.75, 3.05) is 25.5 Å². The number of hydrogen-bond donors (Lipinski definition) is 2. The fourth-order valence-corrected chi connectivity index (χ4v) is 4.16. The van der Waals surface area contributed by atoms with Crippen LogP contribution in [0.1, 0.15) is 30.9 Å². The fraction of sp³-hybridized carbons (Fsp3) is 0.381. The summed E-state index contributed by atoms with van der Waals surface area (Å²) in [6.07, 6.45) is 2.71. The molecule has 142 valence electrons. The minimum atomic E-state index is -0.234. The van der Waals surface area contributed by atoms with E-state index in [4.69, 9.17) is 16.3 Å². The van der Waals surface area contributed by atoms with Crippen LogP contribution in [0.5, 0.6) is 5.75 Å². The molecule has 2 aliphatic rings. The molecule has 0 aromatic heterocycles. The SMILES string of the molecule is CN1CCC2(CC1)CC(NC(=O)Nc1cccc(Cl)c1)c1ccccc1O2. The molecule has 4 rings (SSSR count). The number of nitrogens with one attached hydrogen (secondary N) is 2. The third kappa shape index (κ3) is 4.04. The topological polar surface area (TPSA) is 53.6 Å². The number of ether oxygens (including phenoxy) is 1. The number of anilines is 1. The number of rotatable bonds is 2. The molecule has 2 aliphatic heterocycles. The number of fused-ring (bicyclic) bond motifs is 1. The molecule has 1 fully saturated rings. The molecule has 2 aromatic carbocycles. The van der Waals surface area contributed by atoms with Crippen LogP contribution in [-0.2, 0) is 0 Å². The summed E-state index contributed by atoms with van der Waals surface area (Å²) in [6.45, 7) is 2.01. The van der Waals surface area contributed by atoms with Crippen molar-refractivity contribution >= 4 is 23.3 Å². The first kappa shape index (κ1) is 18.1. The Balaban J connectivity index is 1.52. The van der Waals surface area contributed by atoms with Crippen LogP contribution in [0, 0.1) is 0 Å². The number of para-hydroxylation sites is 1. The number of likely N-dealkylation sites (tertiary alicyclic amines) is 1. The van der Waals surface area contributed by atoms with Crippen molar-refractivity contribution in [3.8, 4) is 5.75 Å². The third-order valence-electron chi connectivity index (χ3n) is 5.48. The molecular formula is C21H24ClN3O2. The number of benzene rings is 2. The molecule has 0 radical (unpaired) electrons. The van der Waals surface area contributed by atoms with Crippen molar-refractivity contribution in [2.24, 2.45) is 0 Å². The smallest absolute Gasteiger partial charge is 0.319 e. The number of urea groups is 1. The summed E-state index contributed by atoms with van der Waals surface area (Å²) in [5, 5.41) is 6.61. The number of piperidine rings is 1. The van der Waals surface area contributed by atoms with E-state index in [0.29, 0.717) is 10.7 Å². The molecule has 2 N–H and O–H groups in total. The molecule has 5 nitrogen and oxygen atoms in total. The molecule has 1 saturated heterocycles. The van der Waals surface area contributed by atoms with Gasteiger partial charge in [-0.3, -0.25) is 0 Å². The summed E-state index contributed by atoms with van der Waals surface area (Å²) < 4.78 is 6.44. The van der Waals surface area contributed by atoms with Crippen LogP contribution in [0.2, 0.25) is 5.02 Å². The second-order valence-corrected chi connectivity index (χ2v) is 7.93. The molecule has 2 amide bonds.